The average Bonchev–Trinajstić information content (AvgIpc) is 2.59. The number of fused-ring (bicyclic) bond motifs is 1. The fraction of sp³-hybridized carbons (Fsp3) is 0.611. The van der Waals surface area contributed by atoms with Crippen molar-refractivity contribution in [2.75, 3.05) is 26.8 Å². The van der Waals surface area contributed by atoms with Gasteiger partial charge in [-0.3, -0.25) is 0 Å². The molecule has 2 aliphatic heterocycles. The number of carbonyl (C=O) groups is 1. The number of ether oxygens (including phenoxy) is 2. The molecule has 2 fully saturated rings. The van der Waals surface area contributed by atoms with Gasteiger partial charge in [-0.05, 0) is 56.4 Å². The molecule has 0 saturated carbocycles. The van der Waals surface area contributed by atoms with E-state index in [2.05, 4.69) is 0 Å². The van der Waals surface area contributed by atoms with Gasteiger partial charge in [0.1, 0.15) is 12.4 Å². The maximum atomic E-state index is 12.2. The number of methoxy groups -OCH3 is 1. The first kappa shape index (κ1) is 15.3. The smallest absolute Gasteiger partial charge is 0.338 e. The molecule has 3 atom stereocenters. The van der Waals surface area contributed by atoms with E-state index >= 15 is 0 Å². The van der Waals surface area contributed by atoms with E-state index in [1.54, 1.807) is 36.3 Å². The number of piperidine rings is 2. The first-order chi connectivity index (χ1) is 10.8. The Morgan fingerprint density at radius 2 is 1.91 bits per heavy atom. The molecule has 2 aliphatic rings. The zero-order valence-corrected chi connectivity index (χ0v) is 13.3. The maximum absolute atomic E-state index is 12.2. The highest BCUT2D eigenvalue weighted by Crippen LogP contribution is 2.21. The second-order valence-corrected chi connectivity index (χ2v) is 6.49. The molecular formula is C18H26NO3+. The van der Waals surface area contributed by atoms with Gasteiger partial charge in [-0.15, -0.1) is 0 Å². The molecule has 0 aliphatic carbocycles. The van der Waals surface area contributed by atoms with Gasteiger partial charge in [0.05, 0.1) is 31.8 Å². The minimum Gasteiger partial charge on any atom is -0.497 e. The van der Waals surface area contributed by atoms with Crippen LogP contribution in [0.15, 0.2) is 24.3 Å². The Morgan fingerprint density at radius 1 is 1.14 bits per heavy atom. The van der Waals surface area contributed by atoms with Gasteiger partial charge in [-0.1, -0.05) is 0 Å². The summed E-state index contributed by atoms with van der Waals surface area (Å²) in [4.78, 5) is 13.9. The largest absolute Gasteiger partial charge is 0.497 e. The lowest BCUT2D eigenvalue weighted by Crippen LogP contribution is -3.18. The fourth-order valence-electron chi connectivity index (χ4n) is 3.97. The van der Waals surface area contributed by atoms with Crippen molar-refractivity contribution in [3.8, 4) is 5.75 Å². The summed E-state index contributed by atoms with van der Waals surface area (Å²) in [5.74, 6) is 1.07. The van der Waals surface area contributed by atoms with Crippen molar-refractivity contribution < 1.29 is 19.2 Å². The average molecular weight is 304 g/mol. The van der Waals surface area contributed by atoms with E-state index in [4.69, 9.17) is 9.47 Å². The first-order valence-electron chi connectivity index (χ1n) is 8.43. The van der Waals surface area contributed by atoms with Gasteiger partial charge >= 0.3 is 5.97 Å². The minimum absolute atomic E-state index is 0.217. The lowest BCUT2D eigenvalue weighted by molar-refractivity contribution is -0.940. The standard InChI is InChI=1S/C18H25NO3/c1-21-16-9-7-14(8-10-16)18(20)22-13-15-5-4-12-19-11-3-2-6-17(15)19/h7-10,15,17H,2-6,11-13H2,1H3/p+1/t15-,17-/m0/s1. The molecule has 0 aromatic heterocycles. The summed E-state index contributed by atoms with van der Waals surface area (Å²) in [6.07, 6.45) is 6.43. The fourth-order valence-corrected chi connectivity index (χ4v) is 3.97. The van der Waals surface area contributed by atoms with Crippen LogP contribution in [0.1, 0.15) is 42.5 Å². The highest BCUT2D eigenvalue weighted by molar-refractivity contribution is 5.89. The minimum atomic E-state index is -0.217. The van der Waals surface area contributed by atoms with Crippen molar-refractivity contribution >= 4 is 5.97 Å². The van der Waals surface area contributed by atoms with Crippen LogP contribution in [0.3, 0.4) is 0 Å². The van der Waals surface area contributed by atoms with Crippen molar-refractivity contribution in [1.82, 2.24) is 0 Å². The Hall–Kier alpha value is -1.55. The number of hydrogen-bond acceptors (Lipinski definition) is 3. The van der Waals surface area contributed by atoms with Crippen molar-refractivity contribution in [3.05, 3.63) is 29.8 Å². The van der Waals surface area contributed by atoms with E-state index in [1.807, 2.05) is 0 Å². The van der Waals surface area contributed by atoms with Crippen LogP contribution in [0, 0.1) is 5.92 Å². The van der Waals surface area contributed by atoms with Gasteiger partial charge in [0.2, 0.25) is 0 Å². The summed E-state index contributed by atoms with van der Waals surface area (Å²) in [5.41, 5.74) is 0.601. The zero-order chi connectivity index (χ0) is 15.4. The van der Waals surface area contributed by atoms with E-state index in [1.165, 1.54) is 45.2 Å². The molecule has 2 saturated heterocycles. The van der Waals surface area contributed by atoms with E-state index in [0.717, 1.165) is 5.75 Å². The summed E-state index contributed by atoms with van der Waals surface area (Å²) in [7, 11) is 1.62. The number of rotatable bonds is 4. The van der Waals surface area contributed by atoms with E-state index < -0.39 is 0 Å². The molecule has 4 nitrogen and oxygen atoms in total. The van der Waals surface area contributed by atoms with Gasteiger partial charge in [-0.25, -0.2) is 4.79 Å². The molecular weight excluding hydrogens is 278 g/mol. The van der Waals surface area contributed by atoms with E-state index in [0.29, 0.717) is 24.1 Å². The van der Waals surface area contributed by atoms with Gasteiger partial charge in [0.25, 0.3) is 0 Å². The Kier molecular flexibility index (Phi) is 4.98. The Bertz CT molecular complexity index is 498. The third-order valence-electron chi connectivity index (χ3n) is 5.18. The Morgan fingerprint density at radius 3 is 2.68 bits per heavy atom. The third-order valence-corrected chi connectivity index (χ3v) is 5.18. The molecule has 0 amide bonds. The Labute approximate surface area is 132 Å². The Balaban J connectivity index is 1.55. The SMILES string of the molecule is COc1ccc(C(=O)OC[C@@H]2CCC[NH+]3CCCC[C@@H]23)cc1. The maximum Gasteiger partial charge on any atom is 0.338 e. The molecule has 22 heavy (non-hydrogen) atoms. The summed E-state index contributed by atoms with van der Waals surface area (Å²) in [6.45, 7) is 3.17. The molecule has 1 aromatic rings. The van der Waals surface area contributed by atoms with Crippen LogP contribution in [0.5, 0.6) is 5.75 Å². The molecule has 4 heteroatoms. The summed E-state index contributed by atoms with van der Waals surface area (Å²) >= 11 is 0. The normalized spacial score (nSPS) is 27.8. The number of benzene rings is 1. The van der Waals surface area contributed by atoms with E-state index in [-0.39, 0.29) is 5.97 Å². The second kappa shape index (κ2) is 7.14. The van der Waals surface area contributed by atoms with Crippen LogP contribution in [-0.4, -0.2) is 38.8 Å². The number of esters is 1. The molecule has 0 radical (unpaired) electrons. The lowest BCUT2D eigenvalue weighted by Gasteiger charge is -2.40. The second-order valence-electron chi connectivity index (χ2n) is 6.49. The molecule has 1 N–H and O–H groups in total. The summed E-state index contributed by atoms with van der Waals surface area (Å²) in [6, 6.07) is 7.82. The van der Waals surface area contributed by atoms with Crippen LogP contribution in [0.4, 0.5) is 0 Å². The highest BCUT2D eigenvalue weighted by Gasteiger charge is 2.37. The number of quaternary nitrogens is 1. The van der Waals surface area contributed by atoms with Crippen molar-refractivity contribution in [3.63, 3.8) is 0 Å². The van der Waals surface area contributed by atoms with Gasteiger partial charge in [0, 0.05) is 5.92 Å². The van der Waals surface area contributed by atoms with Crippen molar-refractivity contribution in [1.29, 1.82) is 0 Å². The molecule has 1 aromatic carbocycles. The van der Waals surface area contributed by atoms with Crippen LogP contribution < -0.4 is 9.64 Å². The number of carbonyl (C=O) groups excluding carboxylic acids is 1. The van der Waals surface area contributed by atoms with Crippen molar-refractivity contribution in [2.24, 2.45) is 5.92 Å². The summed E-state index contributed by atoms with van der Waals surface area (Å²) < 4.78 is 10.7. The van der Waals surface area contributed by atoms with Crippen LogP contribution >= 0.6 is 0 Å². The molecule has 0 spiro atoms. The van der Waals surface area contributed by atoms with Crippen LogP contribution in [0.2, 0.25) is 0 Å². The quantitative estimate of drug-likeness (QED) is 0.861. The highest BCUT2D eigenvalue weighted by atomic mass is 16.5. The predicted octanol–water partition coefficient (Wildman–Crippen LogP) is 1.70. The molecule has 120 valence electrons. The van der Waals surface area contributed by atoms with E-state index in [9.17, 15) is 4.79 Å². The number of nitrogens with one attached hydrogen (secondary N) is 1. The summed E-state index contributed by atoms with van der Waals surface area (Å²) in [5, 5.41) is 0. The first-order valence-corrected chi connectivity index (χ1v) is 8.43. The predicted molar refractivity (Wildman–Crippen MR) is 84.3 cm³/mol. The molecule has 1 unspecified atom stereocenters. The number of hydrogen-bond donors (Lipinski definition) is 1. The molecule has 2 heterocycles. The third kappa shape index (κ3) is 3.43. The zero-order valence-electron chi connectivity index (χ0n) is 13.3. The van der Waals surface area contributed by atoms with Crippen LogP contribution in [-0.2, 0) is 4.74 Å². The monoisotopic (exact) mass is 304 g/mol. The lowest BCUT2D eigenvalue weighted by atomic mass is 9.84. The van der Waals surface area contributed by atoms with Crippen LogP contribution in [0.25, 0.3) is 0 Å². The van der Waals surface area contributed by atoms with Gasteiger partial charge in [0.15, 0.2) is 0 Å². The van der Waals surface area contributed by atoms with Gasteiger partial charge in [-0.2, -0.15) is 0 Å². The van der Waals surface area contributed by atoms with Crippen molar-refractivity contribution in [2.45, 2.75) is 38.1 Å². The molecule has 3 rings (SSSR count). The topological polar surface area (TPSA) is 40.0 Å². The molecule has 0 bridgehead atoms. The van der Waals surface area contributed by atoms with Gasteiger partial charge < -0.3 is 14.4 Å².